The summed E-state index contributed by atoms with van der Waals surface area (Å²) in [5, 5.41) is 0. The molecule has 1 fully saturated rings. The molecule has 3 aromatic rings. The minimum Gasteiger partial charge on any atom is -0.497 e. The number of rotatable bonds is 7. The SMILES string of the molecule is COc1ccc([C@H](CC(=O)N2CCN(Cc3ccccc3)CC2)n2cccc2)cc1. The number of aromatic nitrogens is 1. The van der Waals surface area contributed by atoms with Gasteiger partial charge in [-0.25, -0.2) is 0 Å². The molecule has 2 heterocycles. The average Bonchev–Trinajstić information content (AvgIpc) is 3.33. The molecule has 0 saturated carbocycles. The zero-order valence-corrected chi connectivity index (χ0v) is 17.5. The highest BCUT2D eigenvalue weighted by Gasteiger charge is 2.25. The smallest absolute Gasteiger partial charge is 0.225 e. The summed E-state index contributed by atoms with van der Waals surface area (Å²) >= 11 is 0. The van der Waals surface area contributed by atoms with E-state index >= 15 is 0 Å². The van der Waals surface area contributed by atoms with E-state index in [4.69, 9.17) is 4.74 Å². The first kappa shape index (κ1) is 20.2. The number of hydrogen-bond acceptors (Lipinski definition) is 3. The maximum atomic E-state index is 13.1. The average molecular weight is 404 g/mol. The zero-order chi connectivity index (χ0) is 20.8. The fourth-order valence-corrected chi connectivity index (χ4v) is 4.07. The Hall–Kier alpha value is -3.05. The zero-order valence-electron chi connectivity index (χ0n) is 17.5. The van der Waals surface area contributed by atoms with Crippen LogP contribution < -0.4 is 4.74 Å². The molecule has 156 valence electrons. The van der Waals surface area contributed by atoms with E-state index in [0.29, 0.717) is 6.42 Å². The number of methoxy groups -OCH3 is 1. The predicted molar refractivity (Wildman–Crippen MR) is 118 cm³/mol. The normalized spacial score (nSPS) is 15.7. The molecular weight excluding hydrogens is 374 g/mol. The van der Waals surface area contributed by atoms with Crippen molar-refractivity contribution in [1.29, 1.82) is 0 Å². The molecule has 2 aromatic carbocycles. The van der Waals surface area contributed by atoms with Crippen molar-refractivity contribution in [2.45, 2.75) is 19.0 Å². The number of carbonyl (C=O) groups excluding carboxylic acids is 1. The van der Waals surface area contributed by atoms with Crippen LogP contribution in [0.15, 0.2) is 79.1 Å². The largest absolute Gasteiger partial charge is 0.497 e. The number of piperazine rings is 1. The fourth-order valence-electron chi connectivity index (χ4n) is 4.07. The number of amides is 1. The highest BCUT2D eigenvalue weighted by atomic mass is 16.5. The van der Waals surface area contributed by atoms with Crippen LogP contribution in [-0.2, 0) is 11.3 Å². The van der Waals surface area contributed by atoms with E-state index in [-0.39, 0.29) is 11.9 Å². The van der Waals surface area contributed by atoms with Crippen molar-refractivity contribution < 1.29 is 9.53 Å². The molecule has 1 amide bonds. The van der Waals surface area contributed by atoms with Crippen molar-refractivity contribution in [3.05, 3.63) is 90.3 Å². The highest BCUT2D eigenvalue weighted by Crippen LogP contribution is 2.25. The van der Waals surface area contributed by atoms with Gasteiger partial charge in [-0.3, -0.25) is 9.69 Å². The molecule has 0 radical (unpaired) electrons. The fraction of sp³-hybridized carbons (Fsp3) is 0.320. The second-order valence-corrected chi connectivity index (χ2v) is 7.77. The Morgan fingerprint density at radius 1 is 0.900 bits per heavy atom. The van der Waals surface area contributed by atoms with Crippen LogP contribution >= 0.6 is 0 Å². The van der Waals surface area contributed by atoms with Gasteiger partial charge in [-0.2, -0.15) is 0 Å². The van der Waals surface area contributed by atoms with Gasteiger partial charge in [-0.05, 0) is 35.4 Å². The highest BCUT2D eigenvalue weighted by molar-refractivity contribution is 5.77. The Balaban J connectivity index is 1.38. The van der Waals surface area contributed by atoms with Gasteiger partial charge in [0, 0.05) is 45.1 Å². The Morgan fingerprint density at radius 2 is 1.57 bits per heavy atom. The van der Waals surface area contributed by atoms with Gasteiger partial charge in [0.15, 0.2) is 0 Å². The van der Waals surface area contributed by atoms with Crippen LogP contribution in [0, 0.1) is 0 Å². The van der Waals surface area contributed by atoms with Gasteiger partial charge in [0.25, 0.3) is 0 Å². The van der Waals surface area contributed by atoms with Crippen LogP contribution in [0.4, 0.5) is 0 Å². The molecule has 1 aromatic heterocycles. The molecule has 5 heteroatoms. The Labute approximate surface area is 178 Å². The van der Waals surface area contributed by atoms with Gasteiger partial charge < -0.3 is 14.2 Å². The molecule has 1 aliphatic heterocycles. The second kappa shape index (κ2) is 9.63. The first-order valence-corrected chi connectivity index (χ1v) is 10.5. The van der Waals surface area contributed by atoms with Crippen LogP contribution in [-0.4, -0.2) is 53.6 Å². The Kier molecular flexibility index (Phi) is 6.50. The summed E-state index contributed by atoms with van der Waals surface area (Å²) in [6, 6.07) is 22.5. The summed E-state index contributed by atoms with van der Waals surface area (Å²) in [6.45, 7) is 4.34. The number of carbonyl (C=O) groups is 1. The van der Waals surface area contributed by atoms with Gasteiger partial charge in [0.2, 0.25) is 5.91 Å². The molecule has 1 aliphatic rings. The number of nitrogens with zero attached hydrogens (tertiary/aromatic N) is 3. The van der Waals surface area contributed by atoms with Crippen molar-refractivity contribution in [1.82, 2.24) is 14.4 Å². The monoisotopic (exact) mass is 403 g/mol. The van der Waals surface area contributed by atoms with E-state index < -0.39 is 0 Å². The second-order valence-electron chi connectivity index (χ2n) is 7.77. The molecule has 0 N–H and O–H groups in total. The Morgan fingerprint density at radius 3 is 2.20 bits per heavy atom. The number of benzene rings is 2. The summed E-state index contributed by atoms with van der Waals surface area (Å²) < 4.78 is 7.40. The molecular formula is C25H29N3O2. The van der Waals surface area contributed by atoms with Crippen LogP contribution in [0.5, 0.6) is 5.75 Å². The van der Waals surface area contributed by atoms with Crippen LogP contribution in [0.25, 0.3) is 0 Å². The standard InChI is InChI=1S/C25H29N3O2/c1-30-23-11-9-22(10-12-23)24(27-13-5-6-14-27)19-25(29)28-17-15-26(16-18-28)20-21-7-3-2-4-8-21/h2-14,24H,15-20H2,1H3/t24-/m0/s1. The number of ether oxygens (including phenoxy) is 1. The minimum absolute atomic E-state index is 0.0132. The van der Waals surface area contributed by atoms with Gasteiger partial charge in [-0.15, -0.1) is 0 Å². The summed E-state index contributed by atoms with van der Waals surface area (Å²) in [5.74, 6) is 1.04. The summed E-state index contributed by atoms with van der Waals surface area (Å²) in [5.41, 5.74) is 2.44. The molecule has 0 unspecified atom stereocenters. The molecule has 1 saturated heterocycles. The molecule has 0 aliphatic carbocycles. The van der Waals surface area contributed by atoms with Crippen LogP contribution in [0.1, 0.15) is 23.6 Å². The van der Waals surface area contributed by atoms with Crippen molar-refractivity contribution in [3.8, 4) is 5.75 Å². The minimum atomic E-state index is -0.0132. The first-order chi connectivity index (χ1) is 14.7. The summed E-state index contributed by atoms with van der Waals surface area (Å²) in [4.78, 5) is 17.6. The van der Waals surface area contributed by atoms with E-state index in [9.17, 15) is 4.79 Å². The molecule has 4 rings (SSSR count). The predicted octanol–water partition coefficient (Wildman–Crippen LogP) is 3.82. The quantitative estimate of drug-likeness (QED) is 0.602. The maximum absolute atomic E-state index is 13.1. The molecule has 0 spiro atoms. The topological polar surface area (TPSA) is 37.7 Å². The van der Waals surface area contributed by atoms with Crippen molar-refractivity contribution in [2.75, 3.05) is 33.3 Å². The number of hydrogen-bond donors (Lipinski definition) is 0. The summed E-state index contributed by atoms with van der Waals surface area (Å²) in [6.07, 6.45) is 4.51. The van der Waals surface area contributed by atoms with E-state index in [0.717, 1.165) is 44.0 Å². The lowest BCUT2D eigenvalue weighted by Gasteiger charge is -2.35. The van der Waals surface area contributed by atoms with Gasteiger partial charge >= 0.3 is 0 Å². The lowest BCUT2D eigenvalue weighted by molar-refractivity contribution is -0.133. The van der Waals surface area contributed by atoms with E-state index in [2.05, 4.69) is 45.9 Å². The summed E-state index contributed by atoms with van der Waals surface area (Å²) in [7, 11) is 1.67. The Bertz CT molecular complexity index is 915. The third-order valence-electron chi connectivity index (χ3n) is 5.83. The van der Waals surface area contributed by atoms with E-state index in [1.807, 2.05) is 47.6 Å². The third kappa shape index (κ3) is 4.92. The molecule has 1 atom stereocenters. The van der Waals surface area contributed by atoms with Crippen LogP contribution in [0.3, 0.4) is 0 Å². The van der Waals surface area contributed by atoms with Gasteiger partial charge in [-0.1, -0.05) is 42.5 Å². The molecule has 30 heavy (non-hydrogen) atoms. The lowest BCUT2D eigenvalue weighted by atomic mass is 10.0. The third-order valence-corrected chi connectivity index (χ3v) is 5.83. The maximum Gasteiger partial charge on any atom is 0.225 e. The molecule has 0 bridgehead atoms. The van der Waals surface area contributed by atoms with E-state index in [1.165, 1.54) is 5.56 Å². The van der Waals surface area contributed by atoms with Gasteiger partial charge in [0.05, 0.1) is 19.6 Å². The first-order valence-electron chi connectivity index (χ1n) is 10.5. The van der Waals surface area contributed by atoms with Crippen LogP contribution in [0.2, 0.25) is 0 Å². The van der Waals surface area contributed by atoms with Crippen molar-refractivity contribution in [3.63, 3.8) is 0 Å². The molecule has 5 nitrogen and oxygen atoms in total. The van der Waals surface area contributed by atoms with Crippen molar-refractivity contribution >= 4 is 5.91 Å². The van der Waals surface area contributed by atoms with Crippen molar-refractivity contribution in [2.24, 2.45) is 0 Å². The van der Waals surface area contributed by atoms with Gasteiger partial charge in [0.1, 0.15) is 5.75 Å². The van der Waals surface area contributed by atoms with E-state index in [1.54, 1.807) is 7.11 Å². The lowest BCUT2D eigenvalue weighted by Crippen LogP contribution is -2.48.